The van der Waals surface area contributed by atoms with Gasteiger partial charge in [-0.2, -0.15) is 0 Å². The Labute approximate surface area is 161 Å². The predicted octanol–water partition coefficient (Wildman–Crippen LogP) is 3.67. The van der Waals surface area contributed by atoms with E-state index in [1.54, 1.807) is 0 Å². The van der Waals surface area contributed by atoms with Crippen molar-refractivity contribution in [3.8, 4) is 11.1 Å². The largest absolute Gasteiger partial charge is 0.465 e. The van der Waals surface area contributed by atoms with Gasteiger partial charge in [-0.05, 0) is 47.2 Å². The van der Waals surface area contributed by atoms with Crippen LogP contribution in [0.25, 0.3) is 11.1 Å². The van der Waals surface area contributed by atoms with E-state index in [2.05, 4.69) is 5.32 Å². The van der Waals surface area contributed by atoms with Gasteiger partial charge in [-0.3, -0.25) is 14.9 Å². The molecule has 1 saturated heterocycles. The molecule has 6 nitrogen and oxygen atoms in total. The Balaban J connectivity index is 1.79. The van der Waals surface area contributed by atoms with Gasteiger partial charge in [0.05, 0.1) is 5.25 Å². The Morgan fingerprint density at radius 2 is 1.96 bits per heavy atom. The van der Waals surface area contributed by atoms with Crippen LogP contribution >= 0.6 is 11.8 Å². The van der Waals surface area contributed by atoms with Crippen LogP contribution in [0.4, 0.5) is 9.59 Å². The molecule has 2 aromatic carbocycles. The van der Waals surface area contributed by atoms with Crippen molar-refractivity contribution >= 4 is 29.0 Å². The highest BCUT2D eigenvalue weighted by Gasteiger charge is 2.31. The number of imide groups is 1. The zero-order valence-corrected chi connectivity index (χ0v) is 15.9. The van der Waals surface area contributed by atoms with E-state index in [0.29, 0.717) is 13.0 Å². The topological polar surface area (TPSA) is 86.7 Å². The molecule has 0 aliphatic carbocycles. The number of amides is 3. The van der Waals surface area contributed by atoms with Crippen LogP contribution in [0.2, 0.25) is 0 Å². The van der Waals surface area contributed by atoms with Crippen LogP contribution in [0.5, 0.6) is 0 Å². The van der Waals surface area contributed by atoms with Gasteiger partial charge in [0.1, 0.15) is 0 Å². The van der Waals surface area contributed by atoms with Gasteiger partial charge in [0.2, 0.25) is 5.91 Å². The van der Waals surface area contributed by atoms with Gasteiger partial charge in [-0.15, -0.1) is 0 Å². The van der Waals surface area contributed by atoms with Crippen LogP contribution in [0.3, 0.4) is 0 Å². The smallest absolute Gasteiger partial charge is 0.407 e. The molecule has 3 rings (SSSR count). The maximum absolute atomic E-state index is 11.7. The third-order valence-electron chi connectivity index (χ3n) is 4.46. The third-order valence-corrected chi connectivity index (χ3v) is 5.44. The molecule has 2 aromatic rings. The molecule has 1 aliphatic rings. The number of carboxylic acid groups (broad SMARTS) is 1. The summed E-state index contributed by atoms with van der Waals surface area (Å²) in [7, 11) is 1.54. The number of thioether (sulfide) groups is 1. The Morgan fingerprint density at radius 1 is 1.19 bits per heavy atom. The summed E-state index contributed by atoms with van der Waals surface area (Å²) in [5, 5.41) is 10.7. The maximum Gasteiger partial charge on any atom is 0.407 e. The third kappa shape index (κ3) is 4.49. The number of nitrogens with one attached hydrogen (secondary N) is 1. The molecular formula is C20H20N2O4S. The number of nitrogens with zero attached hydrogens (tertiary/aromatic N) is 1. The van der Waals surface area contributed by atoms with Gasteiger partial charge in [-0.25, -0.2) is 4.79 Å². The molecule has 0 spiro atoms. The average Bonchev–Trinajstić information content (AvgIpc) is 2.92. The SMILES string of the molecule is Cc1cc(CC2SC(=O)NC2=O)ccc1-c1cccc(CN(C)C(=O)O)c1. The number of hydrogen-bond donors (Lipinski definition) is 2. The predicted molar refractivity (Wildman–Crippen MR) is 105 cm³/mol. The van der Waals surface area contributed by atoms with Crippen LogP contribution in [0.15, 0.2) is 42.5 Å². The highest BCUT2D eigenvalue weighted by Crippen LogP contribution is 2.28. The van der Waals surface area contributed by atoms with Crippen molar-refractivity contribution in [2.75, 3.05) is 7.05 Å². The van der Waals surface area contributed by atoms with Crippen LogP contribution in [0.1, 0.15) is 16.7 Å². The summed E-state index contributed by atoms with van der Waals surface area (Å²) >= 11 is 1.03. The molecule has 1 atom stereocenters. The minimum absolute atomic E-state index is 0.234. The lowest BCUT2D eigenvalue weighted by Crippen LogP contribution is -2.25. The molecule has 1 heterocycles. The Morgan fingerprint density at radius 3 is 2.59 bits per heavy atom. The van der Waals surface area contributed by atoms with Gasteiger partial charge in [0.15, 0.2) is 0 Å². The maximum atomic E-state index is 11.7. The lowest BCUT2D eigenvalue weighted by atomic mass is 9.95. The highest BCUT2D eigenvalue weighted by molar-refractivity contribution is 8.15. The molecule has 0 radical (unpaired) electrons. The van der Waals surface area contributed by atoms with E-state index in [1.807, 2.05) is 49.4 Å². The van der Waals surface area contributed by atoms with E-state index >= 15 is 0 Å². The first kappa shape index (κ1) is 19.0. The van der Waals surface area contributed by atoms with Gasteiger partial charge >= 0.3 is 6.09 Å². The highest BCUT2D eigenvalue weighted by atomic mass is 32.2. The fourth-order valence-electron chi connectivity index (χ4n) is 3.10. The van der Waals surface area contributed by atoms with Crippen molar-refractivity contribution in [1.82, 2.24) is 10.2 Å². The Kier molecular flexibility index (Phi) is 5.51. The summed E-state index contributed by atoms with van der Waals surface area (Å²) in [6, 6.07) is 13.8. The molecule has 1 aliphatic heterocycles. The first-order valence-electron chi connectivity index (χ1n) is 8.48. The summed E-state index contributed by atoms with van der Waals surface area (Å²) in [6.45, 7) is 2.32. The van der Waals surface area contributed by atoms with E-state index in [0.717, 1.165) is 39.6 Å². The van der Waals surface area contributed by atoms with Crippen LogP contribution in [0, 0.1) is 6.92 Å². The first-order chi connectivity index (χ1) is 12.8. The summed E-state index contributed by atoms with van der Waals surface area (Å²) < 4.78 is 0. The molecule has 1 fully saturated rings. The minimum Gasteiger partial charge on any atom is -0.465 e. The van der Waals surface area contributed by atoms with Crippen LogP contribution in [-0.2, 0) is 17.8 Å². The molecule has 27 heavy (non-hydrogen) atoms. The summed E-state index contributed by atoms with van der Waals surface area (Å²) in [5.41, 5.74) is 5.04. The molecule has 140 valence electrons. The average molecular weight is 384 g/mol. The van der Waals surface area contributed by atoms with Gasteiger partial charge in [-0.1, -0.05) is 48.2 Å². The molecule has 2 N–H and O–H groups in total. The monoisotopic (exact) mass is 384 g/mol. The molecule has 0 aromatic heterocycles. The van der Waals surface area contributed by atoms with Crippen LogP contribution in [-0.4, -0.2) is 39.5 Å². The second-order valence-electron chi connectivity index (χ2n) is 6.58. The fraction of sp³-hybridized carbons (Fsp3) is 0.250. The quantitative estimate of drug-likeness (QED) is 0.821. The van der Waals surface area contributed by atoms with Crippen molar-refractivity contribution in [3.63, 3.8) is 0 Å². The van der Waals surface area contributed by atoms with E-state index in [4.69, 9.17) is 5.11 Å². The standard InChI is InChI=1S/C20H20N2O4S/c1-12-8-13(10-17-18(23)21-19(24)27-17)6-7-16(12)15-5-3-4-14(9-15)11-22(2)20(25)26/h3-9,17H,10-11H2,1-2H3,(H,25,26)(H,21,23,24). The zero-order chi connectivity index (χ0) is 19.6. The zero-order valence-electron chi connectivity index (χ0n) is 15.1. The number of carbonyl (C=O) groups excluding carboxylic acids is 2. The molecule has 0 bridgehead atoms. The van der Waals surface area contributed by atoms with E-state index in [-0.39, 0.29) is 16.4 Å². The summed E-state index contributed by atoms with van der Waals surface area (Å²) in [4.78, 5) is 35.3. The molecule has 1 unspecified atom stereocenters. The molecule has 3 amide bonds. The van der Waals surface area contributed by atoms with Gasteiger partial charge < -0.3 is 10.0 Å². The number of aryl methyl sites for hydroxylation is 1. The second-order valence-corrected chi connectivity index (χ2v) is 7.75. The number of rotatable bonds is 5. The minimum atomic E-state index is -0.965. The van der Waals surface area contributed by atoms with Gasteiger partial charge in [0.25, 0.3) is 5.24 Å². The van der Waals surface area contributed by atoms with Crippen molar-refractivity contribution in [2.45, 2.75) is 25.1 Å². The van der Waals surface area contributed by atoms with E-state index in [1.165, 1.54) is 11.9 Å². The van der Waals surface area contributed by atoms with Crippen LogP contribution < -0.4 is 5.32 Å². The molecular weight excluding hydrogens is 364 g/mol. The Hall–Kier alpha value is -2.80. The number of benzene rings is 2. The van der Waals surface area contributed by atoms with Crippen molar-refractivity contribution in [1.29, 1.82) is 0 Å². The normalized spacial score (nSPS) is 16.3. The Bertz CT molecular complexity index is 913. The summed E-state index contributed by atoms with van der Waals surface area (Å²) in [6.07, 6.45) is -0.458. The van der Waals surface area contributed by atoms with Crippen molar-refractivity contribution < 1.29 is 19.5 Å². The molecule has 7 heteroatoms. The number of hydrogen-bond acceptors (Lipinski definition) is 4. The second kappa shape index (κ2) is 7.84. The molecule has 0 saturated carbocycles. The first-order valence-corrected chi connectivity index (χ1v) is 9.36. The lowest BCUT2D eigenvalue weighted by Gasteiger charge is -2.15. The van der Waals surface area contributed by atoms with E-state index < -0.39 is 6.09 Å². The van der Waals surface area contributed by atoms with Crippen molar-refractivity contribution in [2.24, 2.45) is 0 Å². The fourth-order valence-corrected chi connectivity index (χ4v) is 3.96. The van der Waals surface area contributed by atoms with Gasteiger partial charge in [0, 0.05) is 13.6 Å². The van der Waals surface area contributed by atoms with E-state index in [9.17, 15) is 14.4 Å². The van der Waals surface area contributed by atoms with Crippen molar-refractivity contribution in [3.05, 3.63) is 59.2 Å². The lowest BCUT2D eigenvalue weighted by molar-refractivity contribution is -0.118. The summed E-state index contributed by atoms with van der Waals surface area (Å²) in [5.74, 6) is -0.234. The number of carbonyl (C=O) groups is 3.